The molecule has 6 heteroatoms. The van der Waals surface area contributed by atoms with Gasteiger partial charge in [0.1, 0.15) is 0 Å². The monoisotopic (exact) mass is 413 g/mol. The second-order valence-corrected chi connectivity index (χ2v) is 9.65. The molecule has 0 radical (unpaired) electrons. The summed E-state index contributed by atoms with van der Waals surface area (Å²) in [7, 11) is 0. The van der Waals surface area contributed by atoms with E-state index in [1.54, 1.807) is 17.0 Å². The first-order chi connectivity index (χ1) is 13.7. The van der Waals surface area contributed by atoms with Crippen LogP contribution in [0.25, 0.3) is 0 Å². The summed E-state index contributed by atoms with van der Waals surface area (Å²) in [5.41, 5.74) is 2.41. The van der Waals surface area contributed by atoms with E-state index in [9.17, 15) is 9.59 Å². The van der Waals surface area contributed by atoms with Gasteiger partial charge in [-0.15, -0.1) is 23.5 Å². The largest absolute Gasteiger partial charge is 0.444 e. The Kier molecular flexibility index (Phi) is 6.27. The molecule has 2 aromatic carbocycles. The van der Waals surface area contributed by atoms with Gasteiger partial charge in [0.25, 0.3) is 5.91 Å². The van der Waals surface area contributed by atoms with E-state index in [1.807, 2.05) is 66.0 Å². The highest BCUT2D eigenvalue weighted by atomic mass is 32.2. The number of benzene rings is 2. The molecule has 2 saturated heterocycles. The van der Waals surface area contributed by atoms with Crippen molar-refractivity contribution in [3.63, 3.8) is 0 Å². The van der Waals surface area contributed by atoms with Crippen molar-refractivity contribution in [1.82, 2.24) is 4.90 Å². The molecule has 2 aromatic rings. The zero-order chi connectivity index (χ0) is 19.3. The van der Waals surface area contributed by atoms with Gasteiger partial charge in [0.15, 0.2) is 0 Å². The third kappa shape index (κ3) is 4.39. The SMILES string of the molecule is O=C(O[C@H](C(=O)N1CCCC1)c1ccccc1)c1ccc(C2SCCS2)cc1. The van der Waals surface area contributed by atoms with Crippen LogP contribution in [0, 0.1) is 0 Å². The van der Waals surface area contributed by atoms with E-state index in [2.05, 4.69) is 0 Å². The highest BCUT2D eigenvalue weighted by Crippen LogP contribution is 2.45. The van der Waals surface area contributed by atoms with Crippen LogP contribution < -0.4 is 0 Å². The molecule has 0 saturated carbocycles. The average molecular weight is 414 g/mol. The Morgan fingerprint density at radius 1 is 0.929 bits per heavy atom. The molecule has 1 atom stereocenters. The first kappa shape index (κ1) is 19.4. The summed E-state index contributed by atoms with van der Waals surface area (Å²) in [6, 6.07) is 16.9. The molecular formula is C22H23NO3S2. The Balaban J connectivity index is 1.50. The number of carbonyl (C=O) groups excluding carboxylic acids is 2. The van der Waals surface area contributed by atoms with Crippen LogP contribution in [-0.4, -0.2) is 41.4 Å². The van der Waals surface area contributed by atoms with Crippen LogP contribution in [0.3, 0.4) is 0 Å². The molecule has 0 spiro atoms. The Morgan fingerprint density at radius 2 is 1.57 bits per heavy atom. The summed E-state index contributed by atoms with van der Waals surface area (Å²) in [6.07, 6.45) is 1.10. The molecule has 0 aliphatic carbocycles. The molecule has 0 unspecified atom stereocenters. The number of amides is 1. The summed E-state index contributed by atoms with van der Waals surface area (Å²) < 4.78 is 6.17. The molecular weight excluding hydrogens is 390 g/mol. The molecule has 28 heavy (non-hydrogen) atoms. The maximum absolute atomic E-state index is 13.0. The van der Waals surface area contributed by atoms with Crippen LogP contribution in [0.1, 0.15) is 45.0 Å². The lowest BCUT2D eigenvalue weighted by molar-refractivity contribution is -0.140. The normalized spacial score (nSPS) is 18.2. The third-order valence-electron chi connectivity index (χ3n) is 5.01. The highest BCUT2D eigenvalue weighted by molar-refractivity contribution is 8.19. The zero-order valence-electron chi connectivity index (χ0n) is 15.6. The van der Waals surface area contributed by atoms with Crippen LogP contribution in [0.5, 0.6) is 0 Å². The van der Waals surface area contributed by atoms with Gasteiger partial charge in [0.05, 0.1) is 10.1 Å². The van der Waals surface area contributed by atoms with Crippen molar-refractivity contribution in [3.8, 4) is 0 Å². The zero-order valence-corrected chi connectivity index (χ0v) is 17.2. The van der Waals surface area contributed by atoms with Crippen LogP contribution >= 0.6 is 23.5 Å². The lowest BCUT2D eigenvalue weighted by atomic mass is 10.1. The Bertz CT molecular complexity index is 813. The molecule has 0 bridgehead atoms. The predicted molar refractivity (Wildman–Crippen MR) is 115 cm³/mol. The van der Waals surface area contributed by atoms with Crippen molar-refractivity contribution in [2.24, 2.45) is 0 Å². The van der Waals surface area contributed by atoms with Gasteiger partial charge in [-0.05, 0) is 30.5 Å². The van der Waals surface area contributed by atoms with Gasteiger partial charge in [0, 0.05) is 30.2 Å². The number of likely N-dealkylation sites (tertiary alicyclic amines) is 1. The minimum Gasteiger partial charge on any atom is -0.444 e. The molecule has 0 aromatic heterocycles. The molecule has 0 N–H and O–H groups in total. The second kappa shape index (κ2) is 9.05. The van der Waals surface area contributed by atoms with Crippen molar-refractivity contribution in [1.29, 1.82) is 0 Å². The number of hydrogen-bond acceptors (Lipinski definition) is 5. The Labute approximate surface area is 174 Å². The maximum Gasteiger partial charge on any atom is 0.339 e. The number of nitrogens with zero attached hydrogens (tertiary/aromatic N) is 1. The fraction of sp³-hybridized carbons (Fsp3) is 0.364. The minimum absolute atomic E-state index is 0.132. The average Bonchev–Trinajstić information content (AvgIpc) is 3.46. The van der Waals surface area contributed by atoms with Gasteiger partial charge < -0.3 is 9.64 Å². The molecule has 4 nitrogen and oxygen atoms in total. The minimum atomic E-state index is -0.896. The van der Waals surface area contributed by atoms with Crippen LogP contribution in [0.2, 0.25) is 0 Å². The van der Waals surface area contributed by atoms with E-state index < -0.39 is 12.1 Å². The first-order valence-electron chi connectivity index (χ1n) is 9.60. The highest BCUT2D eigenvalue weighted by Gasteiger charge is 2.31. The second-order valence-electron chi connectivity index (χ2n) is 6.92. The van der Waals surface area contributed by atoms with Gasteiger partial charge in [0.2, 0.25) is 6.10 Å². The topological polar surface area (TPSA) is 46.6 Å². The summed E-state index contributed by atoms with van der Waals surface area (Å²) >= 11 is 3.86. The Hall–Kier alpha value is -1.92. The standard InChI is InChI=1S/C22H23NO3S2/c24-20(23-12-4-5-13-23)19(16-6-2-1-3-7-16)26-21(25)17-8-10-18(11-9-17)22-27-14-15-28-22/h1-3,6-11,19,22H,4-5,12-15H2/t19-/m0/s1. The van der Waals surface area contributed by atoms with Crippen LogP contribution in [-0.2, 0) is 9.53 Å². The van der Waals surface area contributed by atoms with E-state index >= 15 is 0 Å². The molecule has 2 fully saturated rings. The van der Waals surface area contributed by atoms with E-state index in [0.717, 1.165) is 37.4 Å². The van der Waals surface area contributed by atoms with Crippen LogP contribution in [0.15, 0.2) is 54.6 Å². The number of carbonyl (C=O) groups is 2. The molecule has 2 heterocycles. The summed E-state index contributed by atoms with van der Waals surface area (Å²) in [5, 5.41) is 0. The smallest absolute Gasteiger partial charge is 0.339 e. The predicted octanol–water partition coefficient (Wildman–Crippen LogP) is 4.69. The quantitative estimate of drug-likeness (QED) is 0.666. The van der Waals surface area contributed by atoms with Crippen molar-refractivity contribution in [3.05, 3.63) is 71.3 Å². The van der Waals surface area contributed by atoms with E-state index in [0.29, 0.717) is 15.7 Å². The third-order valence-corrected chi connectivity index (χ3v) is 8.11. The fourth-order valence-corrected chi connectivity index (χ4v) is 6.35. The lowest BCUT2D eigenvalue weighted by Crippen LogP contribution is -2.34. The van der Waals surface area contributed by atoms with E-state index in [-0.39, 0.29) is 5.91 Å². The first-order valence-corrected chi connectivity index (χ1v) is 11.7. The summed E-state index contributed by atoms with van der Waals surface area (Å²) in [6.45, 7) is 1.45. The van der Waals surface area contributed by atoms with Crippen LogP contribution in [0.4, 0.5) is 0 Å². The van der Waals surface area contributed by atoms with E-state index in [4.69, 9.17) is 4.74 Å². The van der Waals surface area contributed by atoms with Crippen molar-refractivity contribution in [2.75, 3.05) is 24.6 Å². The van der Waals surface area contributed by atoms with Gasteiger partial charge in [-0.1, -0.05) is 42.5 Å². The molecule has 146 valence electrons. The molecule has 4 rings (SSSR count). The number of thioether (sulfide) groups is 2. The fourth-order valence-electron chi connectivity index (χ4n) is 3.49. The number of esters is 1. The molecule has 2 aliphatic rings. The Morgan fingerprint density at radius 3 is 2.21 bits per heavy atom. The van der Waals surface area contributed by atoms with Crippen molar-refractivity contribution >= 4 is 35.4 Å². The van der Waals surface area contributed by atoms with Gasteiger partial charge >= 0.3 is 5.97 Å². The number of ether oxygens (including phenoxy) is 1. The molecule has 1 amide bonds. The molecule has 2 aliphatic heterocycles. The maximum atomic E-state index is 13.0. The number of rotatable bonds is 5. The summed E-state index contributed by atoms with van der Waals surface area (Å²) in [5.74, 6) is 1.74. The van der Waals surface area contributed by atoms with Crippen molar-refractivity contribution < 1.29 is 14.3 Å². The van der Waals surface area contributed by atoms with Gasteiger partial charge in [-0.3, -0.25) is 4.79 Å². The van der Waals surface area contributed by atoms with Gasteiger partial charge in [-0.2, -0.15) is 0 Å². The van der Waals surface area contributed by atoms with Crippen molar-refractivity contribution in [2.45, 2.75) is 23.5 Å². The van der Waals surface area contributed by atoms with E-state index in [1.165, 1.54) is 5.56 Å². The number of hydrogen-bond donors (Lipinski definition) is 0. The lowest BCUT2D eigenvalue weighted by Gasteiger charge is -2.23. The summed E-state index contributed by atoms with van der Waals surface area (Å²) in [4.78, 5) is 27.6. The van der Waals surface area contributed by atoms with Gasteiger partial charge in [-0.25, -0.2) is 4.79 Å².